The SMILES string of the molecule is CN1Cc2c(ccc3c2OCO3)-c2c(O)cc3cc4c(cc3c21)OCO4. The van der Waals surface area contributed by atoms with E-state index < -0.39 is 0 Å². The molecule has 3 aromatic carbocycles. The summed E-state index contributed by atoms with van der Waals surface area (Å²) in [5.41, 5.74) is 3.79. The highest BCUT2D eigenvalue weighted by atomic mass is 16.7. The van der Waals surface area contributed by atoms with Gasteiger partial charge in [-0.1, -0.05) is 0 Å². The van der Waals surface area contributed by atoms with Crippen molar-refractivity contribution in [1.82, 2.24) is 0 Å². The molecule has 3 heterocycles. The Morgan fingerprint density at radius 3 is 2.58 bits per heavy atom. The second-order valence-electron chi connectivity index (χ2n) is 6.73. The summed E-state index contributed by atoms with van der Waals surface area (Å²) in [4.78, 5) is 2.13. The predicted octanol–water partition coefficient (Wildman–Crippen LogP) is 3.62. The van der Waals surface area contributed by atoms with Gasteiger partial charge >= 0.3 is 0 Å². The maximum Gasteiger partial charge on any atom is 0.231 e. The Bertz CT molecular complexity index is 1110. The average Bonchev–Trinajstić information content (AvgIpc) is 3.28. The fourth-order valence-corrected chi connectivity index (χ4v) is 4.16. The number of fused-ring (bicyclic) bond motifs is 8. The molecule has 26 heavy (non-hydrogen) atoms. The monoisotopic (exact) mass is 349 g/mol. The van der Waals surface area contributed by atoms with E-state index in [9.17, 15) is 5.11 Å². The highest BCUT2D eigenvalue weighted by Crippen LogP contribution is 2.53. The van der Waals surface area contributed by atoms with E-state index in [0.29, 0.717) is 12.3 Å². The average molecular weight is 349 g/mol. The molecule has 6 heteroatoms. The highest BCUT2D eigenvalue weighted by molar-refractivity contribution is 6.07. The van der Waals surface area contributed by atoms with Crippen LogP contribution in [0.1, 0.15) is 5.56 Å². The summed E-state index contributed by atoms with van der Waals surface area (Å²) >= 11 is 0. The molecular formula is C20H15NO5. The van der Waals surface area contributed by atoms with Crippen LogP contribution in [-0.4, -0.2) is 25.7 Å². The van der Waals surface area contributed by atoms with Crippen molar-refractivity contribution in [3.63, 3.8) is 0 Å². The number of aromatic hydroxyl groups is 1. The minimum Gasteiger partial charge on any atom is -0.507 e. The summed E-state index contributed by atoms with van der Waals surface area (Å²) in [6.07, 6.45) is 0. The third-order valence-electron chi connectivity index (χ3n) is 5.27. The van der Waals surface area contributed by atoms with Crippen molar-refractivity contribution in [3.8, 4) is 39.9 Å². The topological polar surface area (TPSA) is 60.4 Å². The molecule has 0 spiro atoms. The molecule has 0 aromatic heterocycles. The van der Waals surface area contributed by atoms with E-state index >= 15 is 0 Å². The van der Waals surface area contributed by atoms with E-state index in [1.165, 1.54) is 0 Å². The number of nitrogens with zero attached hydrogens (tertiary/aromatic N) is 1. The fraction of sp³-hybridized carbons (Fsp3) is 0.200. The Morgan fingerprint density at radius 2 is 1.69 bits per heavy atom. The number of rotatable bonds is 0. The van der Waals surface area contributed by atoms with Crippen molar-refractivity contribution in [1.29, 1.82) is 0 Å². The van der Waals surface area contributed by atoms with E-state index in [1.54, 1.807) is 6.07 Å². The van der Waals surface area contributed by atoms with Crippen LogP contribution in [0.5, 0.6) is 28.7 Å². The molecule has 0 bridgehead atoms. The first-order valence-electron chi connectivity index (χ1n) is 8.43. The third kappa shape index (κ3) is 1.66. The largest absolute Gasteiger partial charge is 0.507 e. The van der Waals surface area contributed by atoms with Crippen LogP contribution in [-0.2, 0) is 6.54 Å². The van der Waals surface area contributed by atoms with Crippen molar-refractivity contribution in [3.05, 3.63) is 35.9 Å². The van der Waals surface area contributed by atoms with E-state index in [4.69, 9.17) is 18.9 Å². The lowest BCUT2D eigenvalue weighted by Gasteiger charge is -2.32. The molecule has 0 saturated carbocycles. The summed E-state index contributed by atoms with van der Waals surface area (Å²) in [6, 6.07) is 9.58. The zero-order valence-corrected chi connectivity index (χ0v) is 14.0. The van der Waals surface area contributed by atoms with Crippen LogP contribution < -0.4 is 23.8 Å². The lowest BCUT2D eigenvalue weighted by atomic mass is 9.89. The van der Waals surface area contributed by atoms with Crippen LogP contribution in [0.4, 0.5) is 5.69 Å². The molecule has 6 nitrogen and oxygen atoms in total. The third-order valence-corrected chi connectivity index (χ3v) is 5.27. The van der Waals surface area contributed by atoms with Gasteiger partial charge in [0, 0.05) is 30.1 Å². The minimum atomic E-state index is 0.224. The van der Waals surface area contributed by atoms with E-state index in [0.717, 1.165) is 50.4 Å². The number of phenolic OH excluding ortho intramolecular Hbond substituents is 1. The molecular weight excluding hydrogens is 334 g/mol. The molecule has 0 aliphatic carbocycles. The Kier molecular flexibility index (Phi) is 2.50. The van der Waals surface area contributed by atoms with E-state index in [1.807, 2.05) is 31.3 Å². The summed E-state index contributed by atoms with van der Waals surface area (Å²) < 4.78 is 22.2. The van der Waals surface area contributed by atoms with Gasteiger partial charge in [-0.3, -0.25) is 0 Å². The van der Waals surface area contributed by atoms with Crippen molar-refractivity contribution in [2.75, 3.05) is 25.5 Å². The second-order valence-corrected chi connectivity index (χ2v) is 6.73. The molecule has 0 saturated heterocycles. The van der Waals surface area contributed by atoms with Crippen molar-refractivity contribution >= 4 is 16.5 Å². The normalized spacial score (nSPS) is 16.0. The quantitative estimate of drug-likeness (QED) is 0.669. The molecule has 130 valence electrons. The Balaban J connectivity index is 1.70. The number of phenols is 1. The van der Waals surface area contributed by atoms with Crippen molar-refractivity contribution < 1.29 is 24.1 Å². The molecule has 0 fully saturated rings. The van der Waals surface area contributed by atoms with Gasteiger partial charge in [0.05, 0.1) is 5.69 Å². The number of anilines is 1. The lowest BCUT2D eigenvalue weighted by molar-refractivity contribution is 0.173. The van der Waals surface area contributed by atoms with Crippen molar-refractivity contribution in [2.45, 2.75) is 6.54 Å². The number of hydrogen-bond acceptors (Lipinski definition) is 6. The summed E-state index contributed by atoms with van der Waals surface area (Å²) in [7, 11) is 2.01. The Morgan fingerprint density at radius 1 is 0.923 bits per heavy atom. The predicted molar refractivity (Wildman–Crippen MR) is 95.4 cm³/mol. The summed E-state index contributed by atoms with van der Waals surface area (Å²) in [6.45, 7) is 1.12. The number of hydrogen-bond donors (Lipinski definition) is 1. The van der Waals surface area contributed by atoms with Crippen LogP contribution in [0.3, 0.4) is 0 Å². The van der Waals surface area contributed by atoms with Gasteiger partial charge in [0.25, 0.3) is 0 Å². The first-order valence-corrected chi connectivity index (χ1v) is 8.43. The molecule has 3 aliphatic heterocycles. The standard InChI is InChI=1S/C20H15NO5/c1-21-7-13-11(2-3-15-20(13)26-9-23-15)18-14(22)4-10-5-16-17(25-8-24-16)6-12(10)19(18)21/h2-6,22H,7-9H2,1H3. The van der Waals surface area contributed by atoms with Gasteiger partial charge in [-0.15, -0.1) is 0 Å². The Hall–Kier alpha value is -3.28. The molecule has 0 amide bonds. The van der Waals surface area contributed by atoms with Crippen LogP contribution in [0.25, 0.3) is 21.9 Å². The van der Waals surface area contributed by atoms with Gasteiger partial charge in [0.2, 0.25) is 13.6 Å². The van der Waals surface area contributed by atoms with Crippen LogP contribution in [0.2, 0.25) is 0 Å². The molecule has 3 aliphatic rings. The van der Waals surface area contributed by atoms with E-state index in [2.05, 4.69) is 4.90 Å². The minimum absolute atomic E-state index is 0.224. The first kappa shape index (κ1) is 13.9. The second kappa shape index (κ2) is 4.66. The zero-order chi connectivity index (χ0) is 17.4. The highest BCUT2D eigenvalue weighted by Gasteiger charge is 2.31. The molecule has 0 unspecified atom stereocenters. The fourth-order valence-electron chi connectivity index (χ4n) is 4.16. The summed E-state index contributed by atoms with van der Waals surface area (Å²) in [5, 5.41) is 12.8. The van der Waals surface area contributed by atoms with Gasteiger partial charge in [-0.2, -0.15) is 0 Å². The van der Waals surface area contributed by atoms with E-state index in [-0.39, 0.29) is 19.3 Å². The number of benzene rings is 3. The zero-order valence-electron chi connectivity index (χ0n) is 14.0. The Labute approximate surface area is 149 Å². The lowest BCUT2D eigenvalue weighted by Crippen LogP contribution is -2.22. The van der Waals surface area contributed by atoms with Gasteiger partial charge < -0.3 is 29.0 Å². The molecule has 3 aromatic rings. The number of ether oxygens (including phenoxy) is 4. The van der Waals surface area contributed by atoms with Crippen LogP contribution in [0, 0.1) is 0 Å². The molecule has 0 atom stereocenters. The van der Waals surface area contributed by atoms with Gasteiger partial charge in [0.1, 0.15) is 5.75 Å². The molecule has 1 N–H and O–H groups in total. The molecule has 0 radical (unpaired) electrons. The van der Waals surface area contributed by atoms with Gasteiger partial charge in [-0.05, 0) is 41.3 Å². The molecule has 6 rings (SSSR count). The smallest absolute Gasteiger partial charge is 0.231 e. The summed E-state index contributed by atoms with van der Waals surface area (Å²) in [5.74, 6) is 3.20. The van der Waals surface area contributed by atoms with Gasteiger partial charge in [0.15, 0.2) is 23.0 Å². The van der Waals surface area contributed by atoms with Crippen LogP contribution in [0.15, 0.2) is 30.3 Å². The maximum absolute atomic E-state index is 10.8. The first-order chi connectivity index (χ1) is 12.7. The van der Waals surface area contributed by atoms with Gasteiger partial charge in [-0.25, -0.2) is 0 Å². The van der Waals surface area contributed by atoms with Crippen LogP contribution >= 0.6 is 0 Å². The van der Waals surface area contributed by atoms with Crippen molar-refractivity contribution in [2.24, 2.45) is 0 Å². The maximum atomic E-state index is 10.8.